The third kappa shape index (κ3) is 3.95. The van der Waals surface area contributed by atoms with Crippen LogP contribution in [0.15, 0.2) is 24.3 Å². The molecule has 0 unspecified atom stereocenters. The van der Waals surface area contributed by atoms with E-state index in [1.54, 1.807) is 34.1 Å². The molecular weight excluding hydrogens is 270 g/mol. The lowest BCUT2D eigenvalue weighted by Gasteiger charge is -2.35. The Labute approximate surface area is 124 Å². The SMILES string of the molecule is CC(=O)N1CCN(C(=O)[C@@H](N)Cc2ccc(O)cc2)CC1. The molecule has 1 saturated heterocycles. The summed E-state index contributed by atoms with van der Waals surface area (Å²) in [6.45, 7) is 3.72. The maximum absolute atomic E-state index is 12.3. The van der Waals surface area contributed by atoms with E-state index in [1.165, 1.54) is 6.92 Å². The third-order valence-electron chi connectivity index (χ3n) is 3.75. The molecule has 3 N–H and O–H groups in total. The van der Waals surface area contributed by atoms with Crippen LogP contribution in [-0.4, -0.2) is 58.9 Å². The second-order valence-corrected chi connectivity index (χ2v) is 5.31. The van der Waals surface area contributed by atoms with Crippen LogP contribution >= 0.6 is 0 Å². The number of carbonyl (C=O) groups is 2. The van der Waals surface area contributed by atoms with E-state index in [0.717, 1.165) is 5.56 Å². The molecule has 0 radical (unpaired) electrons. The lowest BCUT2D eigenvalue weighted by Crippen LogP contribution is -2.54. The summed E-state index contributed by atoms with van der Waals surface area (Å²) >= 11 is 0. The van der Waals surface area contributed by atoms with Gasteiger partial charge in [0.05, 0.1) is 6.04 Å². The third-order valence-corrected chi connectivity index (χ3v) is 3.75. The second-order valence-electron chi connectivity index (χ2n) is 5.31. The average Bonchev–Trinajstić information content (AvgIpc) is 2.49. The largest absolute Gasteiger partial charge is 0.508 e. The van der Waals surface area contributed by atoms with Gasteiger partial charge in [-0.3, -0.25) is 9.59 Å². The number of carbonyl (C=O) groups excluding carboxylic acids is 2. The number of nitrogens with two attached hydrogens (primary N) is 1. The van der Waals surface area contributed by atoms with Crippen molar-refractivity contribution in [3.8, 4) is 5.75 Å². The Kier molecular flexibility index (Phi) is 4.80. The minimum absolute atomic E-state index is 0.0375. The number of rotatable bonds is 3. The van der Waals surface area contributed by atoms with Crippen LogP contribution in [0.3, 0.4) is 0 Å². The van der Waals surface area contributed by atoms with E-state index in [9.17, 15) is 14.7 Å². The molecule has 0 aromatic heterocycles. The van der Waals surface area contributed by atoms with Crippen molar-refractivity contribution in [3.05, 3.63) is 29.8 Å². The maximum Gasteiger partial charge on any atom is 0.239 e. The van der Waals surface area contributed by atoms with Crippen LogP contribution < -0.4 is 5.73 Å². The molecule has 0 spiro atoms. The zero-order chi connectivity index (χ0) is 15.4. The van der Waals surface area contributed by atoms with Crippen LogP contribution in [0.1, 0.15) is 12.5 Å². The summed E-state index contributed by atoms with van der Waals surface area (Å²) in [5.41, 5.74) is 6.89. The predicted octanol–water partition coefficient (Wildman–Crippen LogP) is -0.0473. The summed E-state index contributed by atoms with van der Waals surface area (Å²) in [5, 5.41) is 9.23. The zero-order valence-corrected chi connectivity index (χ0v) is 12.2. The number of phenols is 1. The molecular formula is C15H21N3O3. The summed E-state index contributed by atoms with van der Waals surface area (Å²) in [6, 6.07) is 6.08. The number of aromatic hydroxyl groups is 1. The maximum atomic E-state index is 12.3. The number of phenolic OH excluding ortho intramolecular Hbond substituents is 1. The minimum atomic E-state index is -0.599. The lowest BCUT2D eigenvalue weighted by molar-refractivity contribution is -0.139. The number of hydrogen-bond acceptors (Lipinski definition) is 4. The predicted molar refractivity (Wildman–Crippen MR) is 78.6 cm³/mol. The molecule has 1 aliphatic heterocycles. The van der Waals surface area contributed by atoms with Gasteiger partial charge in [-0.15, -0.1) is 0 Å². The first-order valence-electron chi connectivity index (χ1n) is 7.05. The van der Waals surface area contributed by atoms with E-state index in [-0.39, 0.29) is 17.6 Å². The highest BCUT2D eigenvalue weighted by Gasteiger charge is 2.26. The molecule has 1 fully saturated rings. The summed E-state index contributed by atoms with van der Waals surface area (Å²) in [6.07, 6.45) is 0.437. The van der Waals surface area contributed by atoms with Gasteiger partial charge in [-0.05, 0) is 24.1 Å². The fraction of sp³-hybridized carbons (Fsp3) is 0.467. The molecule has 21 heavy (non-hydrogen) atoms. The molecule has 0 aliphatic carbocycles. The van der Waals surface area contributed by atoms with Crippen LogP contribution in [0.5, 0.6) is 5.75 Å². The van der Waals surface area contributed by atoms with Gasteiger partial charge in [-0.25, -0.2) is 0 Å². The first-order valence-corrected chi connectivity index (χ1v) is 7.05. The summed E-state index contributed by atoms with van der Waals surface area (Å²) in [5.74, 6) is 0.140. The van der Waals surface area contributed by atoms with Gasteiger partial charge >= 0.3 is 0 Å². The van der Waals surface area contributed by atoms with E-state index in [0.29, 0.717) is 32.6 Å². The molecule has 1 aromatic rings. The van der Waals surface area contributed by atoms with Crippen molar-refractivity contribution in [1.29, 1.82) is 0 Å². The molecule has 0 bridgehead atoms. The van der Waals surface area contributed by atoms with Crippen molar-refractivity contribution >= 4 is 11.8 Å². The smallest absolute Gasteiger partial charge is 0.239 e. The number of piperazine rings is 1. The Balaban J connectivity index is 1.88. The van der Waals surface area contributed by atoms with Crippen LogP contribution in [0.25, 0.3) is 0 Å². The normalized spacial score (nSPS) is 16.7. The minimum Gasteiger partial charge on any atom is -0.508 e. The Morgan fingerprint density at radius 1 is 1.14 bits per heavy atom. The summed E-state index contributed by atoms with van der Waals surface area (Å²) in [4.78, 5) is 27.0. The van der Waals surface area contributed by atoms with Gasteiger partial charge in [-0.1, -0.05) is 12.1 Å². The van der Waals surface area contributed by atoms with Gasteiger partial charge in [-0.2, -0.15) is 0 Å². The molecule has 1 atom stereocenters. The number of nitrogens with zero attached hydrogens (tertiary/aromatic N) is 2. The highest BCUT2D eigenvalue weighted by atomic mass is 16.3. The Morgan fingerprint density at radius 2 is 1.67 bits per heavy atom. The Hall–Kier alpha value is -2.08. The molecule has 1 aromatic carbocycles. The van der Waals surface area contributed by atoms with E-state index >= 15 is 0 Å². The molecule has 2 rings (SSSR count). The van der Waals surface area contributed by atoms with Gasteiger partial charge in [0.15, 0.2) is 0 Å². The van der Waals surface area contributed by atoms with E-state index in [1.807, 2.05) is 0 Å². The van der Waals surface area contributed by atoms with Crippen LogP contribution in [-0.2, 0) is 16.0 Å². The topological polar surface area (TPSA) is 86.9 Å². The van der Waals surface area contributed by atoms with Crippen LogP contribution in [0.4, 0.5) is 0 Å². The van der Waals surface area contributed by atoms with Crippen molar-refractivity contribution in [3.63, 3.8) is 0 Å². The van der Waals surface area contributed by atoms with Gasteiger partial charge < -0.3 is 20.6 Å². The number of hydrogen-bond donors (Lipinski definition) is 2. The van der Waals surface area contributed by atoms with Crippen LogP contribution in [0, 0.1) is 0 Å². The van der Waals surface area contributed by atoms with Gasteiger partial charge in [0.25, 0.3) is 0 Å². The molecule has 114 valence electrons. The number of amides is 2. The first-order chi connectivity index (χ1) is 9.97. The lowest BCUT2D eigenvalue weighted by atomic mass is 10.0. The Bertz CT molecular complexity index is 507. The van der Waals surface area contributed by atoms with Crippen molar-refractivity contribution in [1.82, 2.24) is 9.80 Å². The molecule has 1 aliphatic rings. The zero-order valence-electron chi connectivity index (χ0n) is 12.2. The first kappa shape index (κ1) is 15.3. The summed E-state index contributed by atoms with van der Waals surface area (Å²) in [7, 11) is 0. The fourth-order valence-corrected chi connectivity index (χ4v) is 2.45. The van der Waals surface area contributed by atoms with Crippen molar-refractivity contribution in [2.45, 2.75) is 19.4 Å². The van der Waals surface area contributed by atoms with E-state index in [4.69, 9.17) is 5.73 Å². The number of benzene rings is 1. The monoisotopic (exact) mass is 291 g/mol. The van der Waals surface area contributed by atoms with Crippen molar-refractivity contribution in [2.24, 2.45) is 5.73 Å². The molecule has 6 nitrogen and oxygen atoms in total. The average molecular weight is 291 g/mol. The molecule has 2 amide bonds. The Morgan fingerprint density at radius 3 is 2.19 bits per heavy atom. The highest BCUT2D eigenvalue weighted by Crippen LogP contribution is 2.12. The van der Waals surface area contributed by atoms with Gasteiger partial charge in [0.1, 0.15) is 5.75 Å². The van der Waals surface area contributed by atoms with Crippen molar-refractivity contribution in [2.75, 3.05) is 26.2 Å². The van der Waals surface area contributed by atoms with Crippen LogP contribution in [0.2, 0.25) is 0 Å². The van der Waals surface area contributed by atoms with E-state index in [2.05, 4.69) is 0 Å². The molecule has 0 saturated carbocycles. The standard InChI is InChI=1S/C15H21N3O3/c1-11(19)17-6-8-18(9-7-17)15(21)14(16)10-12-2-4-13(20)5-3-12/h2-5,14,20H,6-10,16H2,1H3/t14-/m0/s1. The molecule has 6 heteroatoms. The van der Waals surface area contributed by atoms with Gasteiger partial charge in [0, 0.05) is 33.1 Å². The fourth-order valence-electron chi connectivity index (χ4n) is 2.45. The highest BCUT2D eigenvalue weighted by molar-refractivity contribution is 5.82. The second kappa shape index (κ2) is 6.58. The van der Waals surface area contributed by atoms with E-state index < -0.39 is 6.04 Å². The quantitative estimate of drug-likeness (QED) is 0.817. The van der Waals surface area contributed by atoms with Crippen molar-refractivity contribution < 1.29 is 14.7 Å². The summed E-state index contributed by atoms with van der Waals surface area (Å²) < 4.78 is 0. The van der Waals surface area contributed by atoms with Gasteiger partial charge in [0.2, 0.25) is 11.8 Å². The molecule has 1 heterocycles.